The summed E-state index contributed by atoms with van der Waals surface area (Å²) in [6.45, 7) is 8.88. The minimum absolute atomic E-state index is 0.0444. The number of hydrogen-bond donors (Lipinski definition) is 0. The third-order valence-electron chi connectivity index (χ3n) is 1.67. The molecule has 0 aliphatic heterocycles. The van der Waals surface area contributed by atoms with Crippen LogP contribution in [-0.2, 0) is 23.1 Å². The van der Waals surface area contributed by atoms with E-state index < -0.39 is 13.6 Å². The Morgan fingerprint density at radius 3 is 2.31 bits per heavy atom. The molecule has 0 saturated heterocycles. The molecule has 0 aromatic rings. The van der Waals surface area contributed by atoms with Crippen molar-refractivity contribution in [3.8, 4) is 0 Å². The highest BCUT2D eigenvalue weighted by molar-refractivity contribution is 7.53. The van der Waals surface area contributed by atoms with Crippen LogP contribution >= 0.6 is 7.60 Å². The van der Waals surface area contributed by atoms with Gasteiger partial charge in [-0.05, 0) is 13.8 Å². The maximum Gasteiger partial charge on any atom is 0.333 e. The Kier molecular flexibility index (Phi) is 7.30. The largest absolute Gasteiger partial charge is 0.460 e. The summed E-state index contributed by atoms with van der Waals surface area (Å²) in [6, 6.07) is 0. The first-order valence-electron chi connectivity index (χ1n) is 5.16. The molecule has 5 nitrogen and oxygen atoms in total. The standard InChI is InChI=1S/C10H19O5P/c1-5-14-16(12,6-2)15-8-7-13-10(11)9(3)4/h3,5-8H2,1-2,4H3. The maximum atomic E-state index is 11.8. The molecule has 0 aliphatic rings. The minimum atomic E-state index is -3.00. The molecule has 94 valence electrons. The van der Waals surface area contributed by atoms with E-state index in [1.165, 1.54) is 0 Å². The molecule has 0 spiro atoms. The Balaban J connectivity index is 3.84. The third-order valence-corrected chi connectivity index (χ3v) is 3.67. The highest BCUT2D eigenvalue weighted by Crippen LogP contribution is 2.47. The van der Waals surface area contributed by atoms with Crippen molar-refractivity contribution in [2.45, 2.75) is 20.8 Å². The van der Waals surface area contributed by atoms with Crippen LogP contribution in [0.4, 0.5) is 0 Å². The topological polar surface area (TPSA) is 61.8 Å². The highest BCUT2D eigenvalue weighted by Gasteiger charge is 2.20. The smallest absolute Gasteiger partial charge is 0.333 e. The Labute approximate surface area is 96.3 Å². The Bertz CT molecular complexity index is 287. The van der Waals surface area contributed by atoms with E-state index in [4.69, 9.17) is 13.8 Å². The van der Waals surface area contributed by atoms with Crippen molar-refractivity contribution < 1.29 is 23.1 Å². The highest BCUT2D eigenvalue weighted by atomic mass is 31.2. The molecule has 0 rings (SSSR count). The van der Waals surface area contributed by atoms with Crippen LogP contribution in [0.15, 0.2) is 12.2 Å². The second-order valence-electron chi connectivity index (χ2n) is 3.09. The van der Waals surface area contributed by atoms with E-state index in [1.54, 1.807) is 20.8 Å². The summed E-state index contributed by atoms with van der Waals surface area (Å²) in [7, 11) is -3.00. The van der Waals surface area contributed by atoms with Gasteiger partial charge in [0, 0.05) is 11.7 Å². The summed E-state index contributed by atoms with van der Waals surface area (Å²) < 4.78 is 26.6. The maximum absolute atomic E-state index is 11.8. The lowest BCUT2D eigenvalue weighted by atomic mass is 10.4. The van der Waals surface area contributed by atoms with Crippen LogP contribution < -0.4 is 0 Å². The molecule has 0 aliphatic carbocycles. The molecule has 1 atom stereocenters. The van der Waals surface area contributed by atoms with Gasteiger partial charge in [-0.1, -0.05) is 13.5 Å². The van der Waals surface area contributed by atoms with Crippen LogP contribution in [0.3, 0.4) is 0 Å². The summed E-state index contributed by atoms with van der Waals surface area (Å²) in [5.41, 5.74) is 0.323. The van der Waals surface area contributed by atoms with Gasteiger partial charge in [-0.3, -0.25) is 4.57 Å². The van der Waals surface area contributed by atoms with Gasteiger partial charge in [-0.25, -0.2) is 4.79 Å². The van der Waals surface area contributed by atoms with Crippen molar-refractivity contribution in [2.75, 3.05) is 26.0 Å². The normalized spacial score (nSPS) is 14.2. The van der Waals surface area contributed by atoms with Gasteiger partial charge in [0.15, 0.2) is 0 Å². The lowest BCUT2D eigenvalue weighted by Gasteiger charge is -2.15. The third kappa shape index (κ3) is 6.05. The van der Waals surface area contributed by atoms with Crippen molar-refractivity contribution in [1.82, 2.24) is 0 Å². The van der Waals surface area contributed by atoms with Crippen molar-refractivity contribution in [1.29, 1.82) is 0 Å². The molecule has 16 heavy (non-hydrogen) atoms. The fourth-order valence-electron chi connectivity index (χ4n) is 0.850. The molecule has 6 heteroatoms. The van der Waals surface area contributed by atoms with Gasteiger partial charge in [-0.2, -0.15) is 0 Å². The number of hydrogen-bond acceptors (Lipinski definition) is 5. The molecule has 0 aromatic heterocycles. The van der Waals surface area contributed by atoms with Crippen LogP contribution in [-0.4, -0.2) is 32.0 Å². The quantitative estimate of drug-likeness (QED) is 0.286. The van der Waals surface area contributed by atoms with Gasteiger partial charge >= 0.3 is 13.6 Å². The zero-order chi connectivity index (χ0) is 12.6. The molecule has 0 heterocycles. The molecule has 0 fully saturated rings. The number of carbonyl (C=O) groups excluding carboxylic acids is 1. The van der Waals surface area contributed by atoms with Gasteiger partial charge in [0.25, 0.3) is 0 Å². The molecule has 0 bridgehead atoms. The second kappa shape index (κ2) is 7.60. The van der Waals surface area contributed by atoms with E-state index in [2.05, 4.69) is 6.58 Å². The van der Waals surface area contributed by atoms with Crippen molar-refractivity contribution >= 4 is 13.6 Å². The van der Waals surface area contributed by atoms with Crippen LogP contribution in [0.25, 0.3) is 0 Å². The number of ether oxygens (including phenoxy) is 1. The lowest BCUT2D eigenvalue weighted by Crippen LogP contribution is -2.11. The summed E-state index contributed by atoms with van der Waals surface area (Å²) in [5, 5.41) is 0. The van der Waals surface area contributed by atoms with Gasteiger partial charge in [0.2, 0.25) is 0 Å². The van der Waals surface area contributed by atoms with Gasteiger partial charge in [0.1, 0.15) is 6.61 Å². The molecular formula is C10H19O5P. The summed E-state index contributed by atoms with van der Waals surface area (Å²) in [4.78, 5) is 11.0. The van der Waals surface area contributed by atoms with Crippen LogP contribution in [0, 0.1) is 0 Å². The Hall–Kier alpha value is -0.640. The lowest BCUT2D eigenvalue weighted by molar-refractivity contribution is -0.139. The molecule has 0 saturated carbocycles. The van der Waals surface area contributed by atoms with Gasteiger partial charge in [0.05, 0.1) is 13.2 Å². The average Bonchev–Trinajstić information content (AvgIpc) is 2.24. The van der Waals surface area contributed by atoms with Crippen molar-refractivity contribution in [3.63, 3.8) is 0 Å². The molecule has 1 unspecified atom stereocenters. The molecule has 0 amide bonds. The Morgan fingerprint density at radius 2 is 1.88 bits per heavy atom. The number of esters is 1. The summed E-state index contributed by atoms with van der Waals surface area (Å²) in [6.07, 6.45) is 0.301. The van der Waals surface area contributed by atoms with E-state index in [0.29, 0.717) is 18.3 Å². The number of rotatable bonds is 8. The summed E-state index contributed by atoms with van der Waals surface area (Å²) in [5.74, 6) is -0.480. The Morgan fingerprint density at radius 1 is 1.25 bits per heavy atom. The second-order valence-corrected chi connectivity index (χ2v) is 5.47. The van der Waals surface area contributed by atoms with E-state index in [-0.39, 0.29) is 13.2 Å². The first-order valence-corrected chi connectivity index (χ1v) is 6.88. The SMILES string of the molecule is C=C(C)C(=O)OCCOP(=O)(CC)OCC. The molecule has 0 aromatic carbocycles. The molecule has 0 N–H and O–H groups in total. The van der Waals surface area contributed by atoms with E-state index in [9.17, 15) is 9.36 Å². The van der Waals surface area contributed by atoms with Crippen LogP contribution in [0.2, 0.25) is 0 Å². The first-order chi connectivity index (χ1) is 7.45. The molecule has 0 radical (unpaired) electrons. The predicted molar refractivity (Wildman–Crippen MR) is 61.5 cm³/mol. The van der Waals surface area contributed by atoms with E-state index in [0.717, 1.165) is 0 Å². The van der Waals surface area contributed by atoms with Gasteiger partial charge in [-0.15, -0.1) is 0 Å². The first kappa shape index (κ1) is 15.4. The van der Waals surface area contributed by atoms with Crippen LogP contribution in [0.5, 0.6) is 0 Å². The van der Waals surface area contributed by atoms with Crippen molar-refractivity contribution in [3.05, 3.63) is 12.2 Å². The van der Waals surface area contributed by atoms with Crippen LogP contribution in [0.1, 0.15) is 20.8 Å². The summed E-state index contributed by atoms with van der Waals surface area (Å²) >= 11 is 0. The zero-order valence-corrected chi connectivity index (χ0v) is 10.9. The fourth-order valence-corrected chi connectivity index (χ4v) is 2.04. The fraction of sp³-hybridized carbons (Fsp3) is 0.700. The predicted octanol–water partition coefficient (Wildman–Crippen LogP) is 2.37. The van der Waals surface area contributed by atoms with E-state index >= 15 is 0 Å². The monoisotopic (exact) mass is 250 g/mol. The minimum Gasteiger partial charge on any atom is -0.460 e. The van der Waals surface area contributed by atoms with Gasteiger partial charge < -0.3 is 13.8 Å². The van der Waals surface area contributed by atoms with E-state index in [1.807, 2.05) is 0 Å². The number of carbonyl (C=O) groups is 1. The molecular weight excluding hydrogens is 231 g/mol. The zero-order valence-electron chi connectivity index (χ0n) is 10.0. The average molecular weight is 250 g/mol. The van der Waals surface area contributed by atoms with Crippen molar-refractivity contribution in [2.24, 2.45) is 0 Å².